The van der Waals surface area contributed by atoms with Crippen molar-refractivity contribution in [3.8, 4) is 11.6 Å². The predicted octanol–water partition coefficient (Wildman–Crippen LogP) is 2.70. The molecular formula is C10H11N3OS. The second-order valence-electron chi connectivity index (χ2n) is 3.18. The zero-order valence-electron chi connectivity index (χ0n) is 8.36. The fourth-order valence-corrected chi connectivity index (χ4v) is 1.60. The van der Waals surface area contributed by atoms with Crippen molar-refractivity contribution in [1.29, 1.82) is 0 Å². The van der Waals surface area contributed by atoms with E-state index in [0.717, 1.165) is 11.3 Å². The lowest BCUT2D eigenvalue weighted by atomic mass is 10.3. The number of allylic oxidation sites excluding steroid dienone is 1. The molecule has 0 saturated carbocycles. The number of nitrogens with zero attached hydrogens (tertiary/aromatic N) is 2. The van der Waals surface area contributed by atoms with Gasteiger partial charge in [-0.2, -0.15) is 5.10 Å². The first-order chi connectivity index (χ1) is 7.24. The molecule has 0 atom stereocenters. The van der Waals surface area contributed by atoms with Crippen LogP contribution in [0.3, 0.4) is 0 Å². The summed E-state index contributed by atoms with van der Waals surface area (Å²) >= 11 is 5.11. The van der Waals surface area contributed by atoms with Gasteiger partial charge in [-0.1, -0.05) is 6.08 Å². The Balaban J connectivity index is 2.58. The van der Waals surface area contributed by atoms with E-state index in [0.29, 0.717) is 17.1 Å². The first kappa shape index (κ1) is 9.92. The van der Waals surface area contributed by atoms with E-state index in [4.69, 9.17) is 16.6 Å². The van der Waals surface area contributed by atoms with Crippen LogP contribution < -0.4 is 0 Å². The monoisotopic (exact) mass is 221 g/mol. The van der Waals surface area contributed by atoms with Crippen molar-refractivity contribution in [2.24, 2.45) is 0 Å². The van der Waals surface area contributed by atoms with E-state index in [9.17, 15) is 0 Å². The number of aromatic nitrogens is 3. The zero-order chi connectivity index (χ0) is 10.8. The minimum Gasteiger partial charge on any atom is -0.461 e. The summed E-state index contributed by atoms with van der Waals surface area (Å²) in [7, 11) is 0. The molecule has 78 valence electrons. The molecule has 1 N–H and O–H groups in total. The third kappa shape index (κ3) is 1.66. The molecule has 0 bridgehead atoms. The van der Waals surface area contributed by atoms with Gasteiger partial charge in [0.2, 0.25) is 0 Å². The maximum Gasteiger partial charge on any atom is 0.198 e. The number of H-pyrrole nitrogens is 1. The van der Waals surface area contributed by atoms with Crippen LogP contribution in [0.4, 0.5) is 0 Å². The third-order valence-corrected chi connectivity index (χ3v) is 2.45. The molecule has 0 fully saturated rings. The largest absolute Gasteiger partial charge is 0.461 e. The summed E-state index contributed by atoms with van der Waals surface area (Å²) in [6, 6.07) is 1.89. The molecule has 2 aromatic rings. The number of furan rings is 1. The Kier molecular flexibility index (Phi) is 2.55. The van der Waals surface area contributed by atoms with Gasteiger partial charge in [-0.15, -0.1) is 6.58 Å². The average Bonchev–Trinajstić information content (AvgIpc) is 2.76. The van der Waals surface area contributed by atoms with Crippen LogP contribution in [-0.4, -0.2) is 14.8 Å². The molecule has 2 aromatic heterocycles. The van der Waals surface area contributed by atoms with Crippen LogP contribution in [-0.2, 0) is 6.54 Å². The van der Waals surface area contributed by atoms with Crippen molar-refractivity contribution in [2.75, 3.05) is 0 Å². The lowest BCUT2D eigenvalue weighted by Crippen LogP contribution is -1.98. The van der Waals surface area contributed by atoms with Crippen molar-refractivity contribution in [3.63, 3.8) is 0 Å². The van der Waals surface area contributed by atoms with E-state index in [1.54, 1.807) is 12.3 Å². The standard InChI is InChI=1S/C10H11N3OS/c1-3-5-13-9(11-12-10(13)15)8-7(2)4-6-14-8/h3-4,6H,1,5H2,2H3,(H,12,15). The Hall–Kier alpha value is -1.62. The normalized spacial score (nSPS) is 10.5. The summed E-state index contributed by atoms with van der Waals surface area (Å²) in [5, 5.41) is 6.89. The van der Waals surface area contributed by atoms with Gasteiger partial charge < -0.3 is 4.42 Å². The smallest absolute Gasteiger partial charge is 0.198 e. The molecule has 15 heavy (non-hydrogen) atoms. The van der Waals surface area contributed by atoms with Gasteiger partial charge in [0.15, 0.2) is 16.4 Å². The molecule has 4 nitrogen and oxygen atoms in total. The van der Waals surface area contributed by atoms with Gasteiger partial charge in [0.25, 0.3) is 0 Å². The first-order valence-corrected chi connectivity index (χ1v) is 4.95. The fraction of sp³-hybridized carbons (Fsp3) is 0.200. The summed E-state index contributed by atoms with van der Waals surface area (Å²) in [5.41, 5.74) is 1.04. The molecule has 5 heteroatoms. The second-order valence-corrected chi connectivity index (χ2v) is 3.57. The summed E-state index contributed by atoms with van der Waals surface area (Å²) in [6.45, 7) is 6.27. The van der Waals surface area contributed by atoms with E-state index >= 15 is 0 Å². The highest BCUT2D eigenvalue weighted by Crippen LogP contribution is 2.22. The summed E-state index contributed by atoms with van der Waals surface area (Å²) in [6.07, 6.45) is 3.41. The van der Waals surface area contributed by atoms with Crippen LogP contribution >= 0.6 is 12.2 Å². The second kappa shape index (κ2) is 3.86. The lowest BCUT2D eigenvalue weighted by molar-refractivity contribution is 0.570. The molecular weight excluding hydrogens is 210 g/mol. The van der Waals surface area contributed by atoms with E-state index in [1.807, 2.05) is 17.6 Å². The number of nitrogens with one attached hydrogen (secondary N) is 1. The minimum atomic E-state index is 0.570. The number of rotatable bonds is 3. The fourth-order valence-electron chi connectivity index (χ4n) is 1.39. The molecule has 0 aliphatic rings. The van der Waals surface area contributed by atoms with Crippen molar-refractivity contribution < 1.29 is 4.42 Å². The zero-order valence-corrected chi connectivity index (χ0v) is 9.17. The topological polar surface area (TPSA) is 46.8 Å². The summed E-state index contributed by atoms with van der Waals surface area (Å²) in [4.78, 5) is 0. The summed E-state index contributed by atoms with van der Waals surface area (Å²) < 4.78 is 7.78. The Morgan fingerprint density at radius 1 is 1.73 bits per heavy atom. The Morgan fingerprint density at radius 2 is 2.53 bits per heavy atom. The van der Waals surface area contributed by atoms with Gasteiger partial charge in [-0.25, -0.2) is 0 Å². The van der Waals surface area contributed by atoms with Gasteiger partial charge >= 0.3 is 0 Å². The number of hydrogen-bond donors (Lipinski definition) is 1. The van der Waals surface area contributed by atoms with Gasteiger partial charge in [0, 0.05) is 6.54 Å². The van der Waals surface area contributed by atoms with Gasteiger partial charge in [-0.05, 0) is 30.8 Å². The third-order valence-electron chi connectivity index (χ3n) is 2.14. The molecule has 2 heterocycles. The Bertz CT molecular complexity index is 535. The van der Waals surface area contributed by atoms with Crippen LogP contribution in [0.5, 0.6) is 0 Å². The molecule has 0 aliphatic carbocycles. The quantitative estimate of drug-likeness (QED) is 0.640. The van der Waals surface area contributed by atoms with Crippen molar-refractivity contribution in [2.45, 2.75) is 13.5 Å². The first-order valence-electron chi connectivity index (χ1n) is 4.54. The molecule has 0 spiro atoms. The lowest BCUT2D eigenvalue weighted by Gasteiger charge is -2.01. The average molecular weight is 221 g/mol. The molecule has 0 aliphatic heterocycles. The highest BCUT2D eigenvalue weighted by molar-refractivity contribution is 7.71. The van der Waals surface area contributed by atoms with E-state index in [1.165, 1.54) is 0 Å². The van der Waals surface area contributed by atoms with Crippen molar-refractivity contribution >= 4 is 12.2 Å². The number of aryl methyl sites for hydroxylation is 1. The van der Waals surface area contributed by atoms with Crippen LogP contribution in [0.25, 0.3) is 11.6 Å². The van der Waals surface area contributed by atoms with Crippen LogP contribution in [0.15, 0.2) is 29.4 Å². The highest BCUT2D eigenvalue weighted by Gasteiger charge is 2.12. The number of hydrogen-bond acceptors (Lipinski definition) is 3. The Morgan fingerprint density at radius 3 is 3.13 bits per heavy atom. The van der Waals surface area contributed by atoms with Crippen LogP contribution in [0.2, 0.25) is 0 Å². The molecule has 0 amide bonds. The molecule has 0 radical (unpaired) electrons. The maximum atomic E-state index is 5.37. The van der Waals surface area contributed by atoms with Crippen LogP contribution in [0, 0.1) is 11.7 Å². The SMILES string of the molecule is C=CCn1c(-c2occc2C)n[nH]c1=S. The molecule has 2 rings (SSSR count). The van der Waals surface area contributed by atoms with Crippen LogP contribution in [0.1, 0.15) is 5.56 Å². The van der Waals surface area contributed by atoms with Gasteiger partial charge in [-0.3, -0.25) is 9.67 Å². The summed E-state index contributed by atoms with van der Waals surface area (Å²) in [5.74, 6) is 1.45. The van der Waals surface area contributed by atoms with Crippen molar-refractivity contribution in [3.05, 3.63) is 35.3 Å². The molecule has 0 unspecified atom stereocenters. The van der Waals surface area contributed by atoms with Crippen molar-refractivity contribution in [1.82, 2.24) is 14.8 Å². The maximum absolute atomic E-state index is 5.37. The highest BCUT2D eigenvalue weighted by atomic mass is 32.1. The number of aromatic amines is 1. The minimum absolute atomic E-state index is 0.570. The van der Waals surface area contributed by atoms with E-state index < -0.39 is 0 Å². The Labute approximate surface area is 92.2 Å². The molecule has 0 aromatic carbocycles. The molecule has 0 saturated heterocycles. The van der Waals surface area contributed by atoms with E-state index in [2.05, 4.69) is 16.8 Å². The predicted molar refractivity (Wildman–Crippen MR) is 60.0 cm³/mol. The van der Waals surface area contributed by atoms with E-state index in [-0.39, 0.29) is 0 Å². The van der Waals surface area contributed by atoms with Gasteiger partial charge in [0.05, 0.1) is 6.26 Å². The van der Waals surface area contributed by atoms with Gasteiger partial charge in [0.1, 0.15) is 0 Å².